The number of amides is 1. The van der Waals surface area contributed by atoms with Gasteiger partial charge in [-0.05, 0) is 41.8 Å². The van der Waals surface area contributed by atoms with Crippen LogP contribution in [0, 0.1) is 5.82 Å². The van der Waals surface area contributed by atoms with Crippen molar-refractivity contribution in [2.24, 2.45) is 0 Å². The molecule has 2 aromatic carbocycles. The molecule has 2 unspecified atom stereocenters. The summed E-state index contributed by atoms with van der Waals surface area (Å²) in [7, 11) is 4.63. The van der Waals surface area contributed by atoms with Crippen LogP contribution in [-0.4, -0.2) is 33.3 Å². The average molecular weight is 389 g/mol. The van der Waals surface area contributed by atoms with Gasteiger partial charge in [0.05, 0.1) is 21.3 Å². The standard InChI is InChI=1S/C20H24FN3O4/c1-26-17-8-12(9-18(27-2)19(17)28-3)11-22-20(25)16-10-15(23-24-16)13-4-6-14(21)7-5-13/h4-9,15-16,23-24H,10-11H2,1-3H3,(H,22,25). The number of hydrogen-bond donors (Lipinski definition) is 3. The van der Waals surface area contributed by atoms with Gasteiger partial charge in [-0.1, -0.05) is 12.1 Å². The lowest BCUT2D eigenvalue weighted by atomic mass is 10.0. The van der Waals surface area contributed by atoms with Gasteiger partial charge in [0.15, 0.2) is 11.5 Å². The van der Waals surface area contributed by atoms with Crippen molar-refractivity contribution < 1.29 is 23.4 Å². The van der Waals surface area contributed by atoms with E-state index in [2.05, 4.69) is 16.2 Å². The van der Waals surface area contributed by atoms with Gasteiger partial charge in [0.1, 0.15) is 11.9 Å². The van der Waals surface area contributed by atoms with E-state index < -0.39 is 6.04 Å². The normalized spacial score (nSPS) is 18.6. The number of methoxy groups -OCH3 is 3. The Hall–Kier alpha value is -2.84. The molecule has 1 heterocycles. The van der Waals surface area contributed by atoms with Gasteiger partial charge in [0, 0.05) is 12.6 Å². The summed E-state index contributed by atoms with van der Waals surface area (Å²) in [5.74, 6) is 1.15. The van der Waals surface area contributed by atoms with Crippen molar-refractivity contribution in [3.63, 3.8) is 0 Å². The number of rotatable bonds is 7. The summed E-state index contributed by atoms with van der Waals surface area (Å²) in [5.41, 5.74) is 7.83. The number of nitrogens with one attached hydrogen (secondary N) is 3. The molecule has 0 spiro atoms. The highest BCUT2D eigenvalue weighted by Gasteiger charge is 2.30. The fourth-order valence-electron chi connectivity index (χ4n) is 3.19. The van der Waals surface area contributed by atoms with Crippen LogP contribution in [0.5, 0.6) is 17.2 Å². The minimum atomic E-state index is -0.392. The molecule has 1 aliphatic heterocycles. The summed E-state index contributed by atoms with van der Waals surface area (Å²) in [6.45, 7) is 0.314. The monoisotopic (exact) mass is 389 g/mol. The summed E-state index contributed by atoms with van der Waals surface area (Å²) in [6.07, 6.45) is 0.562. The lowest BCUT2D eigenvalue weighted by Crippen LogP contribution is -2.42. The molecule has 0 bridgehead atoms. The summed E-state index contributed by atoms with van der Waals surface area (Å²) < 4.78 is 29.0. The Labute approximate surface area is 163 Å². The lowest BCUT2D eigenvalue weighted by Gasteiger charge is -2.15. The molecule has 1 saturated heterocycles. The minimum Gasteiger partial charge on any atom is -0.493 e. The lowest BCUT2D eigenvalue weighted by molar-refractivity contribution is -0.123. The third-order valence-electron chi connectivity index (χ3n) is 4.68. The molecule has 0 aliphatic carbocycles. The largest absolute Gasteiger partial charge is 0.493 e. The zero-order valence-electron chi connectivity index (χ0n) is 16.0. The quantitative estimate of drug-likeness (QED) is 0.673. The number of carbonyl (C=O) groups excluding carboxylic acids is 1. The van der Waals surface area contributed by atoms with E-state index in [1.54, 1.807) is 38.5 Å². The number of hydrazine groups is 1. The average Bonchev–Trinajstić information content (AvgIpc) is 3.21. The molecule has 7 nitrogen and oxygen atoms in total. The SMILES string of the molecule is COc1cc(CNC(=O)C2CC(c3ccc(F)cc3)NN2)cc(OC)c1OC. The molecular weight excluding hydrogens is 365 g/mol. The Morgan fingerprint density at radius 1 is 1.07 bits per heavy atom. The van der Waals surface area contributed by atoms with E-state index in [1.807, 2.05) is 0 Å². The number of benzene rings is 2. The van der Waals surface area contributed by atoms with Crippen molar-refractivity contribution in [2.75, 3.05) is 21.3 Å². The molecule has 0 radical (unpaired) electrons. The van der Waals surface area contributed by atoms with E-state index >= 15 is 0 Å². The highest BCUT2D eigenvalue weighted by atomic mass is 19.1. The highest BCUT2D eigenvalue weighted by molar-refractivity contribution is 5.82. The second kappa shape index (κ2) is 8.90. The number of hydrogen-bond acceptors (Lipinski definition) is 6. The summed E-state index contributed by atoms with van der Waals surface area (Å²) in [4.78, 5) is 12.5. The van der Waals surface area contributed by atoms with Crippen molar-refractivity contribution >= 4 is 5.91 Å². The maximum Gasteiger partial charge on any atom is 0.238 e. The molecule has 3 rings (SSSR count). The van der Waals surface area contributed by atoms with Gasteiger partial charge in [-0.3, -0.25) is 4.79 Å². The highest BCUT2D eigenvalue weighted by Crippen LogP contribution is 2.38. The molecule has 0 aromatic heterocycles. The molecule has 28 heavy (non-hydrogen) atoms. The van der Waals surface area contributed by atoms with Crippen LogP contribution < -0.4 is 30.4 Å². The van der Waals surface area contributed by atoms with Crippen molar-refractivity contribution in [1.82, 2.24) is 16.2 Å². The van der Waals surface area contributed by atoms with E-state index in [1.165, 1.54) is 19.2 Å². The molecule has 8 heteroatoms. The van der Waals surface area contributed by atoms with Gasteiger partial charge in [-0.2, -0.15) is 0 Å². The van der Waals surface area contributed by atoms with Crippen LogP contribution in [0.1, 0.15) is 23.6 Å². The second-order valence-electron chi connectivity index (χ2n) is 6.43. The van der Waals surface area contributed by atoms with Crippen LogP contribution in [0.2, 0.25) is 0 Å². The molecule has 1 aliphatic rings. The van der Waals surface area contributed by atoms with Gasteiger partial charge in [0.2, 0.25) is 11.7 Å². The Bertz CT molecular complexity index is 804. The van der Waals surface area contributed by atoms with Crippen molar-refractivity contribution in [3.8, 4) is 17.2 Å². The zero-order valence-corrected chi connectivity index (χ0v) is 16.0. The number of halogens is 1. The van der Waals surface area contributed by atoms with Crippen molar-refractivity contribution in [1.29, 1.82) is 0 Å². The summed E-state index contributed by atoms with van der Waals surface area (Å²) in [5, 5.41) is 2.91. The van der Waals surface area contributed by atoms with E-state index in [0.29, 0.717) is 30.2 Å². The first-order chi connectivity index (χ1) is 13.5. The van der Waals surface area contributed by atoms with Crippen LogP contribution >= 0.6 is 0 Å². The van der Waals surface area contributed by atoms with E-state index in [0.717, 1.165) is 11.1 Å². The second-order valence-corrected chi connectivity index (χ2v) is 6.43. The van der Waals surface area contributed by atoms with Gasteiger partial charge in [0.25, 0.3) is 0 Å². The first kappa shape index (κ1) is 19.9. The van der Waals surface area contributed by atoms with E-state index in [-0.39, 0.29) is 17.8 Å². The predicted molar refractivity (Wildman–Crippen MR) is 102 cm³/mol. The van der Waals surface area contributed by atoms with E-state index in [9.17, 15) is 9.18 Å². The number of ether oxygens (including phenoxy) is 3. The Morgan fingerprint density at radius 2 is 1.71 bits per heavy atom. The maximum absolute atomic E-state index is 13.1. The first-order valence-electron chi connectivity index (χ1n) is 8.88. The molecule has 2 atom stereocenters. The first-order valence-corrected chi connectivity index (χ1v) is 8.88. The zero-order chi connectivity index (χ0) is 20.1. The van der Waals surface area contributed by atoms with Crippen molar-refractivity contribution in [2.45, 2.75) is 25.0 Å². The van der Waals surface area contributed by atoms with Crippen LogP contribution in [0.3, 0.4) is 0 Å². The fraction of sp³-hybridized carbons (Fsp3) is 0.350. The third-order valence-corrected chi connectivity index (χ3v) is 4.68. The summed E-state index contributed by atoms with van der Waals surface area (Å²) >= 11 is 0. The molecule has 3 N–H and O–H groups in total. The maximum atomic E-state index is 13.1. The smallest absolute Gasteiger partial charge is 0.238 e. The Kier molecular flexibility index (Phi) is 6.33. The van der Waals surface area contributed by atoms with Crippen LogP contribution in [0.4, 0.5) is 4.39 Å². The van der Waals surface area contributed by atoms with Gasteiger partial charge in [-0.25, -0.2) is 15.2 Å². The topological polar surface area (TPSA) is 80.9 Å². The van der Waals surface area contributed by atoms with Gasteiger partial charge < -0.3 is 19.5 Å². The Morgan fingerprint density at radius 3 is 2.29 bits per heavy atom. The number of carbonyl (C=O) groups is 1. The fourth-order valence-corrected chi connectivity index (χ4v) is 3.19. The van der Waals surface area contributed by atoms with Gasteiger partial charge in [-0.15, -0.1) is 0 Å². The van der Waals surface area contributed by atoms with Gasteiger partial charge >= 0.3 is 0 Å². The van der Waals surface area contributed by atoms with E-state index in [4.69, 9.17) is 14.2 Å². The molecule has 1 fully saturated rings. The summed E-state index contributed by atoms with van der Waals surface area (Å²) in [6, 6.07) is 9.39. The third kappa shape index (κ3) is 4.35. The molecule has 2 aromatic rings. The molecule has 150 valence electrons. The van der Waals surface area contributed by atoms with Crippen molar-refractivity contribution in [3.05, 3.63) is 53.3 Å². The Balaban J connectivity index is 1.61. The molecular formula is C20H24FN3O4. The molecule has 0 saturated carbocycles. The van der Waals surface area contributed by atoms with Crippen LogP contribution in [-0.2, 0) is 11.3 Å². The van der Waals surface area contributed by atoms with Crippen LogP contribution in [0.25, 0.3) is 0 Å². The van der Waals surface area contributed by atoms with Crippen LogP contribution in [0.15, 0.2) is 36.4 Å². The molecule has 1 amide bonds. The minimum absolute atomic E-state index is 0.0578. The predicted octanol–water partition coefficient (Wildman–Crippen LogP) is 2.08.